The molecule has 0 aliphatic carbocycles. The number of hydrogen-bond donors (Lipinski definition) is 3. The van der Waals surface area contributed by atoms with Crippen molar-refractivity contribution in [3.05, 3.63) is 29.8 Å². The van der Waals surface area contributed by atoms with Crippen LogP contribution in [0, 0.1) is 0 Å². The van der Waals surface area contributed by atoms with Gasteiger partial charge in [-0.2, -0.15) is 0 Å². The third-order valence-electron chi connectivity index (χ3n) is 2.55. The van der Waals surface area contributed by atoms with E-state index in [0.717, 1.165) is 0 Å². The second kappa shape index (κ2) is 9.73. The van der Waals surface area contributed by atoms with Crippen molar-refractivity contribution in [1.29, 1.82) is 0 Å². The van der Waals surface area contributed by atoms with Crippen LogP contribution in [0.4, 0.5) is 10.5 Å². The number of methoxy groups -OCH3 is 1. The molecule has 0 fully saturated rings. The van der Waals surface area contributed by atoms with Crippen molar-refractivity contribution in [3.63, 3.8) is 0 Å². The first-order valence-electron chi connectivity index (χ1n) is 6.58. The maximum atomic E-state index is 11.6. The summed E-state index contributed by atoms with van der Waals surface area (Å²) in [7, 11) is 1.61. The first-order valence-corrected chi connectivity index (χ1v) is 6.58. The number of rotatable bonds is 9. The highest BCUT2D eigenvalue weighted by molar-refractivity contribution is 5.93. The van der Waals surface area contributed by atoms with Crippen molar-refractivity contribution in [1.82, 2.24) is 5.32 Å². The molecule has 1 aromatic rings. The number of anilines is 1. The molecule has 0 aromatic heterocycles. The third kappa shape index (κ3) is 7.28. The fourth-order valence-corrected chi connectivity index (χ4v) is 1.53. The molecule has 0 bridgehead atoms. The summed E-state index contributed by atoms with van der Waals surface area (Å²) < 4.78 is 10.1. The Kier molecular flexibility index (Phi) is 7.85. The molecule has 2 amide bonds. The molecule has 7 nitrogen and oxygen atoms in total. The van der Waals surface area contributed by atoms with Gasteiger partial charge in [-0.05, 0) is 24.6 Å². The number of urea groups is 1. The number of benzene rings is 1. The fraction of sp³-hybridized carbons (Fsp3) is 0.429. The third-order valence-corrected chi connectivity index (χ3v) is 2.55. The summed E-state index contributed by atoms with van der Waals surface area (Å²) in [5, 5.41) is 14.1. The first kappa shape index (κ1) is 16.9. The Bertz CT molecular complexity index is 464. The van der Waals surface area contributed by atoms with Crippen LogP contribution in [0.3, 0.4) is 0 Å². The molecule has 0 heterocycles. The Morgan fingerprint density at radius 1 is 1.24 bits per heavy atom. The normalized spacial score (nSPS) is 10.1. The van der Waals surface area contributed by atoms with Gasteiger partial charge in [0.1, 0.15) is 0 Å². The summed E-state index contributed by atoms with van der Waals surface area (Å²) in [5.74, 6) is -1.03. The van der Waals surface area contributed by atoms with E-state index in [0.29, 0.717) is 38.5 Å². The quantitative estimate of drug-likeness (QED) is 0.601. The number of hydrogen-bond acceptors (Lipinski definition) is 4. The number of ether oxygens (including phenoxy) is 2. The molecular formula is C14H20N2O5. The van der Waals surface area contributed by atoms with E-state index in [1.54, 1.807) is 19.2 Å². The first-order chi connectivity index (χ1) is 10.1. The van der Waals surface area contributed by atoms with Crippen LogP contribution >= 0.6 is 0 Å². The smallest absolute Gasteiger partial charge is 0.335 e. The number of carbonyl (C=O) groups excluding carboxylic acids is 1. The number of carboxylic acids is 1. The van der Waals surface area contributed by atoms with E-state index in [1.807, 2.05) is 0 Å². The summed E-state index contributed by atoms with van der Waals surface area (Å²) in [6, 6.07) is 5.68. The van der Waals surface area contributed by atoms with Crippen molar-refractivity contribution in [2.75, 3.05) is 38.8 Å². The van der Waals surface area contributed by atoms with Crippen molar-refractivity contribution < 1.29 is 24.2 Å². The van der Waals surface area contributed by atoms with Crippen molar-refractivity contribution in [2.45, 2.75) is 6.42 Å². The molecule has 0 aliphatic heterocycles. The lowest BCUT2D eigenvalue weighted by Crippen LogP contribution is -2.30. The van der Waals surface area contributed by atoms with Gasteiger partial charge in [-0.3, -0.25) is 0 Å². The fourth-order valence-electron chi connectivity index (χ4n) is 1.53. The molecule has 0 saturated heterocycles. The van der Waals surface area contributed by atoms with E-state index < -0.39 is 5.97 Å². The minimum atomic E-state index is -1.03. The zero-order valence-corrected chi connectivity index (χ0v) is 11.9. The number of carboxylic acid groups (broad SMARTS) is 1. The predicted molar refractivity (Wildman–Crippen MR) is 77.7 cm³/mol. The van der Waals surface area contributed by atoms with E-state index in [1.165, 1.54) is 12.1 Å². The van der Waals surface area contributed by atoms with Crippen LogP contribution in [0.25, 0.3) is 0 Å². The number of amides is 2. The molecule has 3 N–H and O–H groups in total. The molecule has 7 heteroatoms. The standard InChI is InChI=1S/C14H20N2O5/c1-20-8-9-21-7-3-6-15-14(19)16-12-5-2-4-11(10-12)13(17)18/h2,4-5,10H,3,6-9H2,1H3,(H,17,18)(H2,15,16,19). The molecule has 1 rings (SSSR count). The van der Waals surface area contributed by atoms with E-state index in [9.17, 15) is 9.59 Å². The summed E-state index contributed by atoms with van der Waals surface area (Å²) >= 11 is 0. The molecule has 116 valence electrons. The lowest BCUT2D eigenvalue weighted by molar-refractivity contribution is 0.0695. The second-order valence-corrected chi connectivity index (χ2v) is 4.23. The van der Waals surface area contributed by atoms with Crippen LogP contribution in [0.2, 0.25) is 0 Å². The molecule has 1 aromatic carbocycles. The zero-order chi connectivity index (χ0) is 15.5. The summed E-state index contributed by atoms with van der Waals surface area (Å²) in [6.45, 7) is 2.09. The molecule has 0 spiro atoms. The van der Waals surface area contributed by atoms with Crippen molar-refractivity contribution >= 4 is 17.7 Å². The summed E-state index contributed by atoms with van der Waals surface area (Å²) in [4.78, 5) is 22.4. The van der Waals surface area contributed by atoms with Gasteiger partial charge in [0.05, 0.1) is 18.8 Å². The van der Waals surface area contributed by atoms with Gasteiger partial charge < -0.3 is 25.2 Å². The zero-order valence-electron chi connectivity index (χ0n) is 11.9. The van der Waals surface area contributed by atoms with Crippen LogP contribution in [-0.4, -0.2) is 50.6 Å². The average Bonchev–Trinajstić information content (AvgIpc) is 2.46. The molecule has 21 heavy (non-hydrogen) atoms. The van der Waals surface area contributed by atoms with Crippen molar-refractivity contribution in [3.8, 4) is 0 Å². The van der Waals surface area contributed by atoms with E-state index >= 15 is 0 Å². The van der Waals surface area contributed by atoms with Crippen LogP contribution in [0.5, 0.6) is 0 Å². The van der Waals surface area contributed by atoms with Gasteiger partial charge in [-0.15, -0.1) is 0 Å². The summed E-state index contributed by atoms with van der Waals surface area (Å²) in [5.41, 5.74) is 0.558. The van der Waals surface area contributed by atoms with Crippen LogP contribution < -0.4 is 10.6 Å². The van der Waals surface area contributed by atoms with E-state index in [2.05, 4.69) is 10.6 Å². The Labute approximate surface area is 123 Å². The minimum absolute atomic E-state index is 0.124. The van der Waals surface area contributed by atoms with Gasteiger partial charge in [0.15, 0.2) is 0 Å². The van der Waals surface area contributed by atoms with Gasteiger partial charge in [-0.1, -0.05) is 6.07 Å². The lowest BCUT2D eigenvalue weighted by Gasteiger charge is -2.08. The highest BCUT2D eigenvalue weighted by Crippen LogP contribution is 2.10. The highest BCUT2D eigenvalue weighted by Gasteiger charge is 2.05. The Hall–Kier alpha value is -2.12. The van der Waals surface area contributed by atoms with Crippen molar-refractivity contribution in [2.24, 2.45) is 0 Å². The molecule has 0 saturated carbocycles. The molecule has 0 unspecified atom stereocenters. The monoisotopic (exact) mass is 296 g/mol. The Morgan fingerprint density at radius 3 is 2.76 bits per heavy atom. The summed E-state index contributed by atoms with van der Waals surface area (Å²) in [6.07, 6.45) is 0.687. The van der Waals surface area contributed by atoms with Gasteiger partial charge >= 0.3 is 12.0 Å². The molecule has 0 radical (unpaired) electrons. The van der Waals surface area contributed by atoms with Crippen LogP contribution in [0.15, 0.2) is 24.3 Å². The van der Waals surface area contributed by atoms with E-state index in [4.69, 9.17) is 14.6 Å². The van der Waals surface area contributed by atoms with Gasteiger partial charge in [0, 0.05) is 25.9 Å². The largest absolute Gasteiger partial charge is 0.478 e. The molecule has 0 aliphatic rings. The Morgan fingerprint density at radius 2 is 2.05 bits per heavy atom. The average molecular weight is 296 g/mol. The topological polar surface area (TPSA) is 96.9 Å². The maximum Gasteiger partial charge on any atom is 0.335 e. The van der Waals surface area contributed by atoms with E-state index in [-0.39, 0.29) is 11.6 Å². The molecular weight excluding hydrogens is 276 g/mol. The maximum absolute atomic E-state index is 11.6. The predicted octanol–water partition coefficient (Wildman–Crippen LogP) is 1.56. The van der Waals surface area contributed by atoms with Gasteiger partial charge in [-0.25, -0.2) is 9.59 Å². The van der Waals surface area contributed by atoms with Crippen LogP contribution in [-0.2, 0) is 9.47 Å². The highest BCUT2D eigenvalue weighted by atomic mass is 16.5. The van der Waals surface area contributed by atoms with Gasteiger partial charge in [0.2, 0.25) is 0 Å². The molecule has 0 atom stereocenters. The van der Waals surface area contributed by atoms with Gasteiger partial charge in [0.25, 0.3) is 0 Å². The second-order valence-electron chi connectivity index (χ2n) is 4.23. The number of carbonyl (C=O) groups is 2. The SMILES string of the molecule is COCCOCCCNC(=O)Nc1cccc(C(=O)O)c1. The Balaban J connectivity index is 2.21. The number of aromatic carboxylic acids is 1. The number of nitrogens with one attached hydrogen (secondary N) is 2. The van der Waals surface area contributed by atoms with Crippen LogP contribution in [0.1, 0.15) is 16.8 Å². The minimum Gasteiger partial charge on any atom is -0.478 e. The lowest BCUT2D eigenvalue weighted by atomic mass is 10.2.